The molecule has 2 aromatic rings. The van der Waals surface area contributed by atoms with Crippen molar-refractivity contribution in [2.45, 2.75) is 0 Å². The van der Waals surface area contributed by atoms with Crippen LogP contribution in [0.1, 0.15) is 10.6 Å². The maximum absolute atomic E-state index is 12.8. The van der Waals surface area contributed by atoms with E-state index >= 15 is 0 Å². The van der Waals surface area contributed by atoms with Crippen LogP contribution in [0.15, 0.2) is 53.5 Å². The largest absolute Gasteiger partial charge is 0.456 e. The minimum absolute atomic E-state index is 0.108. The number of esters is 1. The van der Waals surface area contributed by atoms with Gasteiger partial charge in [0.25, 0.3) is 0 Å². The third-order valence-electron chi connectivity index (χ3n) is 2.27. The number of carbonyl (C=O) groups excluding carboxylic acids is 1. The van der Waals surface area contributed by atoms with Gasteiger partial charge in [-0.25, -0.2) is 9.18 Å². The molecule has 0 saturated carbocycles. The molecule has 0 bridgehead atoms. The summed E-state index contributed by atoms with van der Waals surface area (Å²) in [5.74, 6) is -0.282. The number of hydrogen-bond acceptors (Lipinski definition) is 3. The van der Waals surface area contributed by atoms with Crippen molar-refractivity contribution in [2.24, 2.45) is 0 Å². The molecule has 0 aliphatic heterocycles. The lowest BCUT2D eigenvalue weighted by Crippen LogP contribution is -2.03. The molecule has 0 amide bonds. The molecular weight excluding hydrogens is 235 g/mol. The third-order valence-corrected chi connectivity index (χ3v) is 2.27. The first kappa shape index (κ1) is 12.1. The number of benzene rings is 1. The standard InChI is InChI=1S/C14H11FO3/c1-2-9-17-14(16)13-8-7-12(18-13)10-3-5-11(15)6-4-10/h2-8H,1,9H2. The highest BCUT2D eigenvalue weighted by Crippen LogP contribution is 2.22. The Labute approximate surface area is 103 Å². The van der Waals surface area contributed by atoms with Crippen LogP contribution in [0.4, 0.5) is 4.39 Å². The third kappa shape index (κ3) is 2.66. The van der Waals surface area contributed by atoms with Crippen LogP contribution in [0.5, 0.6) is 0 Å². The molecule has 1 aromatic heterocycles. The van der Waals surface area contributed by atoms with E-state index in [1.165, 1.54) is 24.3 Å². The monoisotopic (exact) mass is 246 g/mol. The van der Waals surface area contributed by atoms with E-state index in [0.29, 0.717) is 11.3 Å². The van der Waals surface area contributed by atoms with Crippen molar-refractivity contribution in [3.8, 4) is 11.3 Å². The Morgan fingerprint density at radius 3 is 2.67 bits per heavy atom. The average molecular weight is 246 g/mol. The van der Waals surface area contributed by atoms with Crippen molar-refractivity contribution in [3.63, 3.8) is 0 Å². The van der Waals surface area contributed by atoms with Gasteiger partial charge in [-0.1, -0.05) is 12.7 Å². The van der Waals surface area contributed by atoms with Gasteiger partial charge in [-0.15, -0.1) is 0 Å². The summed E-state index contributed by atoms with van der Waals surface area (Å²) in [6.45, 7) is 3.57. The van der Waals surface area contributed by atoms with Crippen molar-refractivity contribution >= 4 is 5.97 Å². The van der Waals surface area contributed by atoms with Crippen LogP contribution in [0.25, 0.3) is 11.3 Å². The Bertz CT molecular complexity index is 555. The van der Waals surface area contributed by atoms with E-state index in [4.69, 9.17) is 9.15 Å². The molecule has 0 unspecified atom stereocenters. The van der Waals surface area contributed by atoms with Gasteiger partial charge >= 0.3 is 5.97 Å². The van der Waals surface area contributed by atoms with Crippen LogP contribution in [0, 0.1) is 5.82 Å². The summed E-state index contributed by atoms with van der Waals surface area (Å²) in [6.07, 6.45) is 1.47. The van der Waals surface area contributed by atoms with Crippen LogP contribution in [-0.4, -0.2) is 12.6 Å². The fourth-order valence-corrected chi connectivity index (χ4v) is 1.42. The summed E-state index contributed by atoms with van der Waals surface area (Å²) in [5.41, 5.74) is 0.694. The first-order valence-electron chi connectivity index (χ1n) is 5.34. The molecule has 92 valence electrons. The molecular formula is C14H11FO3. The number of hydrogen-bond donors (Lipinski definition) is 0. The van der Waals surface area contributed by atoms with E-state index in [2.05, 4.69) is 6.58 Å². The highest BCUT2D eigenvalue weighted by molar-refractivity contribution is 5.87. The predicted octanol–water partition coefficient (Wildman–Crippen LogP) is 3.43. The molecule has 0 N–H and O–H groups in total. The summed E-state index contributed by atoms with van der Waals surface area (Å²) >= 11 is 0. The fraction of sp³-hybridized carbons (Fsp3) is 0.0714. The molecule has 2 rings (SSSR count). The molecule has 0 radical (unpaired) electrons. The molecule has 0 aliphatic rings. The first-order valence-corrected chi connectivity index (χ1v) is 5.34. The van der Waals surface area contributed by atoms with Gasteiger partial charge in [-0.2, -0.15) is 0 Å². The Morgan fingerprint density at radius 1 is 1.28 bits per heavy atom. The minimum Gasteiger partial charge on any atom is -0.456 e. The first-order chi connectivity index (χ1) is 8.70. The number of ether oxygens (including phenoxy) is 1. The highest BCUT2D eigenvalue weighted by Gasteiger charge is 2.12. The molecule has 0 spiro atoms. The van der Waals surface area contributed by atoms with Crippen LogP contribution >= 0.6 is 0 Å². The Balaban J connectivity index is 2.17. The number of halogens is 1. The molecule has 0 aliphatic carbocycles. The Hall–Kier alpha value is -2.36. The van der Waals surface area contributed by atoms with Gasteiger partial charge in [0.2, 0.25) is 5.76 Å². The van der Waals surface area contributed by atoms with E-state index in [0.717, 1.165) is 0 Å². The topological polar surface area (TPSA) is 39.4 Å². The van der Waals surface area contributed by atoms with Crippen LogP contribution in [-0.2, 0) is 4.74 Å². The highest BCUT2D eigenvalue weighted by atomic mass is 19.1. The van der Waals surface area contributed by atoms with E-state index in [9.17, 15) is 9.18 Å². The predicted molar refractivity (Wildman–Crippen MR) is 64.6 cm³/mol. The maximum atomic E-state index is 12.8. The molecule has 4 heteroatoms. The lowest BCUT2D eigenvalue weighted by Gasteiger charge is -1.98. The van der Waals surface area contributed by atoms with Crippen molar-refractivity contribution < 1.29 is 18.3 Å². The van der Waals surface area contributed by atoms with Gasteiger partial charge in [0, 0.05) is 5.56 Å². The van der Waals surface area contributed by atoms with Gasteiger partial charge in [0.1, 0.15) is 18.2 Å². The van der Waals surface area contributed by atoms with E-state index in [-0.39, 0.29) is 18.2 Å². The second-order valence-electron chi connectivity index (χ2n) is 3.56. The summed E-state index contributed by atoms with van der Waals surface area (Å²) in [4.78, 5) is 11.5. The van der Waals surface area contributed by atoms with Gasteiger partial charge < -0.3 is 9.15 Å². The zero-order valence-electron chi connectivity index (χ0n) is 9.56. The lowest BCUT2D eigenvalue weighted by atomic mass is 10.2. The van der Waals surface area contributed by atoms with Gasteiger partial charge in [0.15, 0.2) is 0 Å². The van der Waals surface area contributed by atoms with Crippen molar-refractivity contribution in [1.82, 2.24) is 0 Å². The second kappa shape index (κ2) is 5.31. The van der Waals surface area contributed by atoms with Gasteiger partial charge in [-0.3, -0.25) is 0 Å². The molecule has 1 heterocycles. The summed E-state index contributed by atoms with van der Waals surface area (Å²) in [7, 11) is 0. The lowest BCUT2D eigenvalue weighted by molar-refractivity contribution is 0.0514. The van der Waals surface area contributed by atoms with Crippen molar-refractivity contribution in [2.75, 3.05) is 6.61 Å². The van der Waals surface area contributed by atoms with E-state index < -0.39 is 5.97 Å². The molecule has 0 saturated heterocycles. The summed E-state index contributed by atoms with van der Waals surface area (Å²) in [6, 6.07) is 8.96. The number of carbonyl (C=O) groups is 1. The van der Waals surface area contributed by atoms with Crippen LogP contribution < -0.4 is 0 Å². The normalized spacial score (nSPS) is 10.1. The fourth-order valence-electron chi connectivity index (χ4n) is 1.42. The number of furan rings is 1. The Morgan fingerprint density at radius 2 is 2.00 bits per heavy atom. The maximum Gasteiger partial charge on any atom is 0.374 e. The van der Waals surface area contributed by atoms with Gasteiger partial charge in [-0.05, 0) is 36.4 Å². The zero-order chi connectivity index (χ0) is 13.0. The van der Waals surface area contributed by atoms with Crippen molar-refractivity contribution in [3.05, 3.63) is 60.6 Å². The van der Waals surface area contributed by atoms with Crippen molar-refractivity contribution in [1.29, 1.82) is 0 Å². The van der Waals surface area contributed by atoms with Gasteiger partial charge in [0.05, 0.1) is 0 Å². The van der Waals surface area contributed by atoms with E-state index in [1.54, 1.807) is 18.2 Å². The Kier molecular flexibility index (Phi) is 3.57. The molecule has 1 aromatic carbocycles. The molecule has 3 nitrogen and oxygen atoms in total. The number of rotatable bonds is 4. The molecule has 0 fully saturated rings. The molecule has 18 heavy (non-hydrogen) atoms. The zero-order valence-corrected chi connectivity index (χ0v) is 9.56. The minimum atomic E-state index is -0.553. The van der Waals surface area contributed by atoms with E-state index in [1.807, 2.05) is 0 Å². The average Bonchev–Trinajstić information content (AvgIpc) is 2.86. The van der Waals surface area contributed by atoms with Crippen LogP contribution in [0.3, 0.4) is 0 Å². The smallest absolute Gasteiger partial charge is 0.374 e. The SMILES string of the molecule is C=CCOC(=O)c1ccc(-c2ccc(F)cc2)o1. The summed E-state index contributed by atoms with van der Waals surface area (Å²) in [5, 5.41) is 0. The van der Waals surface area contributed by atoms with Crippen LogP contribution in [0.2, 0.25) is 0 Å². The quantitative estimate of drug-likeness (QED) is 0.613. The second-order valence-corrected chi connectivity index (χ2v) is 3.56. The summed E-state index contributed by atoms with van der Waals surface area (Å²) < 4.78 is 22.9. The molecule has 0 atom stereocenters.